The highest BCUT2D eigenvalue weighted by Crippen LogP contribution is 2.19. The molecule has 0 spiro atoms. The van der Waals surface area contributed by atoms with E-state index >= 15 is 0 Å². The van der Waals surface area contributed by atoms with E-state index < -0.39 is 10.7 Å². The molecule has 0 saturated carbocycles. The average molecular weight is 407 g/mol. The fraction of sp³-hybridized carbons (Fsp3) is 0.150. The number of nitro benzene ring substituents is 1. The van der Waals surface area contributed by atoms with E-state index in [1.54, 1.807) is 10.9 Å². The number of carbonyl (C=O) groups excluding carboxylic acids is 1. The molecule has 0 fully saturated rings. The van der Waals surface area contributed by atoms with E-state index in [4.69, 9.17) is 4.42 Å². The fourth-order valence-corrected chi connectivity index (χ4v) is 3.10. The Bertz CT molecular complexity index is 1260. The molecule has 0 atom stereocenters. The molecule has 30 heavy (non-hydrogen) atoms. The van der Waals surface area contributed by atoms with E-state index in [1.165, 1.54) is 12.1 Å². The van der Waals surface area contributed by atoms with Crippen molar-refractivity contribution >= 4 is 22.7 Å². The minimum atomic E-state index is -0.741. The van der Waals surface area contributed by atoms with Crippen LogP contribution in [0.25, 0.3) is 16.8 Å². The summed E-state index contributed by atoms with van der Waals surface area (Å²) in [6.07, 6.45) is 4.19. The highest BCUT2D eigenvalue weighted by molar-refractivity contribution is 5.80. The van der Waals surface area contributed by atoms with E-state index in [-0.39, 0.29) is 23.7 Å². The number of benzene rings is 2. The van der Waals surface area contributed by atoms with Crippen LogP contribution in [-0.2, 0) is 17.8 Å². The normalized spacial score (nSPS) is 10.9. The molecule has 10 heteroatoms. The zero-order valence-electron chi connectivity index (χ0n) is 15.7. The molecular weight excluding hydrogens is 390 g/mol. The summed E-state index contributed by atoms with van der Waals surface area (Å²) >= 11 is 0. The lowest BCUT2D eigenvalue weighted by Crippen LogP contribution is -2.32. The van der Waals surface area contributed by atoms with Gasteiger partial charge in [0.05, 0.1) is 22.2 Å². The van der Waals surface area contributed by atoms with E-state index in [0.717, 1.165) is 21.9 Å². The molecule has 4 rings (SSSR count). The summed E-state index contributed by atoms with van der Waals surface area (Å²) in [6, 6.07) is 13.5. The lowest BCUT2D eigenvalue weighted by molar-refractivity contribution is -0.384. The highest BCUT2D eigenvalue weighted by atomic mass is 16.6. The maximum Gasteiger partial charge on any atom is 0.420 e. The van der Waals surface area contributed by atoms with Crippen molar-refractivity contribution in [1.82, 2.24) is 19.7 Å². The molecule has 0 saturated heterocycles. The minimum Gasteiger partial charge on any atom is -0.407 e. The van der Waals surface area contributed by atoms with Crippen molar-refractivity contribution in [3.63, 3.8) is 0 Å². The Morgan fingerprint density at radius 3 is 2.70 bits per heavy atom. The standard InChI is InChI=1S/C20H17N5O5/c26-19(13-23-17-7-6-16(25(28)29)12-18(17)30-20(23)27)21-10-8-14-2-4-15(5-3-14)24-11-1-9-22-24/h1-7,9,11-12H,8,10,13H2,(H,21,26). The molecule has 0 unspecified atom stereocenters. The van der Waals surface area contributed by atoms with Crippen LogP contribution in [0.1, 0.15) is 5.56 Å². The zero-order chi connectivity index (χ0) is 21.1. The van der Waals surface area contributed by atoms with Crippen LogP contribution in [0, 0.1) is 10.1 Å². The molecule has 0 aliphatic rings. The molecule has 2 aromatic carbocycles. The number of nitrogens with zero attached hydrogens (tertiary/aromatic N) is 4. The fourth-order valence-electron chi connectivity index (χ4n) is 3.10. The van der Waals surface area contributed by atoms with Crippen LogP contribution in [-0.4, -0.2) is 31.7 Å². The van der Waals surface area contributed by atoms with Crippen LogP contribution in [0.2, 0.25) is 0 Å². The van der Waals surface area contributed by atoms with Crippen LogP contribution < -0.4 is 11.1 Å². The molecule has 152 valence electrons. The number of nitrogens with one attached hydrogen (secondary N) is 1. The Balaban J connectivity index is 1.35. The van der Waals surface area contributed by atoms with Gasteiger partial charge in [-0.15, -0.1) is 0 Å². The first-order valence-electron chi connectivity index (χ1n) is 9.15. The molecule has 10 nitrogen and oxygen atoms in total. The van der Waals surface area contributed by atoms with Gasteiger partial charge >= 0.3 is 5.76 Å². The van der Waals surface area contributed by atoms with Crippen LogP contribution >= 0.6 is 0 Å². The number of carbonyl (C=O) groups is 1. The van der Waals surface area contributed by atoms with Crippen LogP contribution in [0.3, 0.4) is 0 Å². The molecule has 0 bridgehead atoms. The molecule has 0 aliphatic heterocycles. The number of aromatic nitrogens is 3. The van der Waals surface area contributed by atoms with Gasteiger partial charge in [-0.1, -0.05) is 12.1 Å². The lowest BCUT2D eigenvalue weighted by atomic mass is 10.1. The van der Waals surface area contributed by atoms with Gasteiger partial charge in [0.25, 0.3) is 5.69 Å². The second kappa shape index (κ2) is 8.03. The first-order chi connectivity index (χ1) is 14.5. The smallest absolute Gasteiger partial charge is 0.407 e. The Morgan fingerprint density at radius 2 is 2.00 bits per heavy atom. The van der Waals surface area contributed by atoms with Crippen molar-refractivity contribution in [2.45, 2.75) is 13.0 Å². The second-order valence-corrected chi connectivity index (χ2v) is 6.58. The average Bonchev–Trinajstić information content (AvgIpc) is 3.37. The largest absolute Gasteiger partial charge is 0.420 e. The second-order valence-electron chi connectivity index (χ2n) is 6.58. The van der Waals surface area contributed by atoms with Gasteiger partial charge in [-0.3, -0.25) is 19.5 Å². The third kappa shape index (κ3) is 3.97. The number of amides is 1. The van der Waals surface area contributed by atoms with Gasteiger partial charge in [0, 0.05) is 25.0 Å². The predicted octanol–water partition coefficient (Wildman–Crippen LogP) is 2.05. The van der Waals surface area contributed by atoms with Gasteiger partial charge in [0.2, 0.25) is 5.91 Å². The van der Waals surface area contributed by atoms with Crippen molar-refractivity contribution in [1.29, 1.82) is 0 Å². The van der Waals surface area contributed by atoms with Gasteiger partial charge in [0.1, 0.15) is 6.54 Å². The topological polar surface area (TPSA) is 125 Å². The summed E-state index contributed by atoms with van der Waals surface area (Å²) in [5, 5.41) is 17.8. The Hall–Kier alpha value is -4.21. The summed E-state index contributed by atoms with van der Waals surface area (Å²) in [7, 11) is 0. The summed E-state index contributed by atoms with van der Waals surface area (Å²) in [6.45, 7) is 0.165. The summed E-state index contributed by atoms with van der Waals surface area (Å²) in [5.41, 5.74) is 2.20. The molecule has 0 radical (unpaired) electrons. The summed E-state index contributed by atoms with van der Waals surface area (Å²) in [5.74, 6) is -1.10. The van der Waals surface area contributed by atoms with Gasteiger partial charge in [-0.2, -0.15) is 5.10 Å². The Kier molecular flexibility index (Phi) is 5.12. The molecular formula is C20H17N5O5. The minimum absolute atomic E-state index is 0.0688. The maximum atomic E-state index is 12.2. The number of hydrogen-bond donors (Lipinski definition) is 1. The van der Waals surface area contributed by atoms with E-state index in [1.807, 2.05) is 36.5 Å². The van der Waals surface area contributed by atoms with Gasteiger partial charge in [-0.05, 0) is 36.2 Å². The predicted molar refractivity (Wildman–Crippen MR) is 107 cm³/mol. The number of fused-ring (bicyclic) bond motifs is 1. The van der Waals surface area contributed by atoms with Crippen LogP contribution in [0.15, 0.2) is 70.1 Å². The SMILES string of the molecule is O=C(Cn1c(=O)oc2cc([N+](=O)[O-])ccc21)NCCc1ccc(-n2cccn2)cc1. The Labute approximate surface area is 169 Å². The first kappa shape index (κ1) is 19.1. The number of non-ortho nitro benzene ring substituents is 1. The monoisotopic (exact) mass is 407 g/mol. The lowest BCUT2D eigenvalue weighted by Gasteiger charge is -2.07. The van der Waals surface area contributed by atoms with Crippen molar-refractivity contribution in [2.24, 2.45) is 0 Å². The number of oxazole rings is 1. The maximum absolute atomic E-state index is 12.2. The van der Waals surface area contributed by atoms with Gasteiger partial charge < -0.3 is 9.73 Å². The molecule has 2 heterocycles. The molecule has 0 aliphatic carbocycles. The van der Waals surface area contributed by atoms with E-state index in [2.05, 4.69) is 10.4 Å². The van der Waals surface area contributed by atoms with Crippen molar-refractivity contribution < 1.29 is 14.1 Å². The molecule has 2 aromatic heterocycles. The van der Waals surface area contributed by atoms with Gasteiger partial charge in [0.15, 0.2) is 5.58 Å². The van der Waals surface area contributed by atoms with Crippen LogP contribution in [0.4, 0.5) is 5.69 Å². The summed E-state index contributed by atoms with van der Waals surface area (Å²) in [4.78, 5) is 34.5. The molecule has 1 N–H and O–H groups in total. The number of hydrogen-bond acceptors (Lipinski definition) is 6. The molecule has 1 amide bonds. The summed E-state index contributed by atoms with van der Waals surface area (Å²) < 4.78 is 7.93. The number of rotatable bonds is 7. The first-order valence-corrected chi connectivity index (χ1v) is 9.15. The molecule has 4 aromatic rings. The third-order valence-corrected chi connectivity index (χ3v) is 4.61. The zero-order valence-corrected chi connectivity index (χ0v) is 15.7. The van der Waals surface area contributed by atoms with Crippen molar-refractivity contribution in [2.75, 3.05) is 6.54 Å². The van der Waals surface area contributed by atoms with Crippen molar-refractivity contribution in [3.05, 3.63) is 87.2 Å². The third-order valence-electron chi connectivity index (χ3n) is 4.61. The number of nitro groups is 1. The van der Waals surface area contributed by atoms with Gasteiger partial charge in [-0.25, -0.2) is 9.48 Å². The highest BCUT2D eigenvalue weighted by Gasteiger charge is 2.16. The van der Waals surface area contributed by atoms with Crippen LogP contribution in [0.5, 0.6) is 0 Å². The van der Waals surface area contributed by atoms with E-state index in [0.29, 0.717) is 18.5 Å². The quantitative estimate of drug-likeness (QED) is 0.369. The van der Waals surface area contributed by atoms with Crippen molar-refractivity contribution in [3.8, 4) is 5.69 Å². The Morgan fingerprint density at radius 1 is 1.20 bits per heavy atom. The van der Waals surface area contributed by atoms with E-state index in [9.17, 15) is 19.7 Å².